The average Bonchev–Trinajstić information content (AvgIpc) is 2.72. The highest BCUT2D eigenvalue weighted by Gasteiger charge is 2.25. The summed E-state index contributed by atoms with van der Waals surface area (Å²) in [6, 6.07) is 1.80. The number of alkyl halides is 2. The number of aromatic nitrogens is 2. The highest BCUT2D eigenvalue weighted by Crippen LogP contribution is 2.26. The molecule has 27 heavy (non-hydrogen) atoms. The summed E-state index contributed by atoms with van der Waals surface area (Å²) in [5.74, 6) is 1.04. The van der Waals surface area contributed by atoms with E-state index in [2.05, 4.69) is 31.6 Å². The second kappa shape index (κ2) is 8.81. The number of hydrogen-bond donors (Lipinski definition) is 1. The number of piperidine rings is 1. The molecular formula is C18H22F2N6O. The summed E-state index contributed by atoms with van der Waals surface area (Å²) in [4.78, 5) is 20.0. The van der Waals surface area contributed by atoms with E-state index < -0.39 is 6.43 Å². The highest BCUT2D eigenvalue weighted by atomic mass is 19.3. The predicted octanol–water partition coefficient (Wildman–Crippen LogP) is 2.32. The number of halogens is 2. The maximum atomic E-state index is 13.0. The zero-order chi connectivity index (χ0) is 19.2. The molecule has 1 aromatic heterocycles. The Morgan fingerprint density at radius 2 is 2.30 bits per heavy atom. The number of aliphatic hydroxyl groups excluding tert-OH is 1. The van der Waals surface area contributed by atoms with E-state index in [0.29, 0.717) is 23.9 Å². The van der Waals surface area contributed by atoms with Crippen LogP contribution in [0.15, 0.2) is 40.3 Å². The van der Waals surface area contributed by atoms with Crippen molar-refractivity contribution in [2.45, 2.75) is 31.7 Å². The lowest BCUT2D eigenvalue weighted by atomic mass is 10.0. The second-order valence-electron chi connectivity index (χ2n) is 6.28. The lowest BCUT2D eigenvalue weighted by molar-refractivity contribution is 0.185. The van der Waals surface area contributed by atoms with Crippen LogP contribution < -0.4 is 4.90 Å². The van der Waals surface area contributed by atoms with Gasteiger partial charge in [-0.25, -0.2) is 18.7 Å². The quantitative estimate of drug-likeness (QED) is 0.771. The third-order valence-electron chi connectivity index (χ3n) is 4.56. The van der Waals surface area contributed by atoms with Crippen molar-refractivity contribution in [1.82, 2.24) is 14.9 Å². The van der Waals surface area contributed by atoms with Crippen molar-refractivity contribution in [3.05, 3.63) is 36.2 Å². The Kier molecular flexibility index (Phi) is 6.23. The summed E-state index contributed by atoms with van der Waals surface area (Å²) in [6.07, 6.45) is 6.06. The standard InChI is InChI=1S/C18H22F2N6O/c1-21-10-15(25-9-7-22-14(11-25)17(19)20)18-23-6-5-16(24-18)26-8-3-2-4-13(26)12-27/h5-7,10-11,13,17,27H,1-4,8-9,12H2/b15-10-. The normalized spacial score (nSPS) is 20.8. The molecule has 0 aliphatic carbocycles. The van der Waals surface area contributed by atoms with E-state index in [1.54, 1.807) is 17.2 Å². The van der Waals surface area contributed by atoms with E-state index >= 15 is 0 Å². The molecule has 2 aliphatic rings. The molecule has 1 unspecified atom stereocenters. The van der Waals surface area contributed by atoms with Crippen molar-refractivity contribution >= 4 is 24.4 Å². The fourth-order valence-electron chi connectivity index (χ4n) is 3.23. The van der Waals surface area contributed by atoms with Gasteiger partial charge in [-0.3, -0.25) is 9.98 Å². The smallest absolute Gasteiger partial charge is 0.281 e. The zero-order valence-electron chi connectivity index (χ0n) is 14.9. The lowest BCUT2D eigenvalue weighted by Gasteiger charge is -2.35. The minimum Gasteiger partial charge on any atom is -0.394 e. The summed E-state index contributed by atoms with van der Waals surface area (Å²) in [6.45, 7) is 4.61. The minimum absolute atomic E-state index is 0.0129. The Balaban J connectivity index is 1.92. The molecule has 0 saturated carbocycles. The molecule has 7 nitrogen and oxygen atoms in total. The number of aliphatic imine (C=N–C) groups is 2. The largest absolute Gasteiger partial charge is 0.394 e. The first-order chi connectivity index (χ1) is 13.1. The van der Waals surface area contributed by atoms with Crippen LogP contribution in [0.4, 0.5) is 14.6 Å². The number of nitrogens with zero attached hydrogens (tertiary/aromatic N) is 6. The van der Waals surface area contributed by atoms with Gasteiger partial charge in [0, 0.05) is 25.2 Å². The summed E-state index contributed by atoms with van der Waals surface area (Å²) < 4.78 is 26.0. The van der Waals surface area contributed by atoms with Crippen molar-refractivity contribution in [3.8, 4) is 0 Å². The molecule has 144 valence electrons. The van der Waals surface area contributed by atoms with Crippen molar-refractivity contribution < 1.29 is 13.9 Å². The molecule has 0 spiro atoms. The zero-order valence-corrected chi connectivity index (χ0v) is 14.9. The third-order valence-corrected chi connectivity index (χ3v) is 4.56. The lowest BCUT2D eigenvalue weighted by Crippen LogP contribution is -2.42. The molecule has 3 heterocycles. The molecule has 0 bridgehead atoms. The molecule has 2 aliphatic heterocycles. The van der Waals surface area contributed by atoms with Crippen LogP contribution in [0.2, 0.25) is 0 Å². The van der Waals surface area contributed by atoms with Gasteiger partial charge in [-0.15, -0.1) is 0 Å². The van der Waals surface area contributed by atoms with E-state index in [1.807, 2.05) is 0 Å². The Labute approximate surface area is 156 Å². The van der Waals surface area contributed by atoms with Gasteiger partial charge in [-0.05, 0) is 32.0 Å². The minimum atomic E-state index is -2.67. The monoisotopic (exact) mass is 376 g/mol. The first-order valence-electron chi connectivity index (χ1n) is 8.80. The van der Waals surface area contributed by atoms with Crippen LogP contribution in [0.5, 0.6) is 0 Å². The first-order valence-corrected chi connectivity index (χ1v) is 8.80. The van der Waals surface area contributed by atoms with Gasteiger partial charge in [0.15, 0.2) is 5.82 Å². The van der Waals surface area contributed by atoms with Crippen LogP contribution in [0, 0.1) is 0 Å². The first kappa shape index (κ1) is 19.1. The molecule has 0 aromatic carbocycles. The molecule has 1 N–H and O–H groups in total. The molecular weight excluding hydrogens is 354 g/mol. The van der Waals surface area contributed by atoms with Crippen molar-refractivity contribution in [1.29, 1.82) is 0 Å². The SMILES string of the molecule is C=N/C=C(/c1nccc(N2CCCCC2CO)n1)N1C=C(C(F)F)N=CC1. The van der Waals surface area contributed by atoms with E-state index in [9.17, 15) is 13.9 Å². The summed E-state index contributed by atoms with van der Waals surface area (Å²) in [5.41, 5.74) is 0.123. The topological polar surface area (TPSA) is 77.2 Å². The van der Waals surface area contributed by atoms with E-state index in [4.69, 9.17) is 0 Å². The van der Waals surface area contributed by atoms with Crippen LogP contribution in [0.1, 0.15) is 25.1 Å². The maximum Gasteiger partial charge on any atom is 0.281 e. The highest BCUT2D eigenvalue weighted by molar-refractivity contribution is 5.70. The summed E-state index contributed by atoms with van der Waals surface area (Å²) in [7, 11) is 0. The van der Waals surface area contributed by atoms with Gasteiger partial charge < -0.3 is 14.9 Å². The summed E-state index contributed by atoms with van der Waals surface area (Å²) >= 11 is 0. The van der Waals surface area contributed by atoms with Crippen LogP contribution in [-0.4, -0.2) is 65.1 Å². The Hall–Kier alpha value is -2.68. The van der Waals surface area contributed by atoms with Gasteiger partial charge in [0.05, 0.1) is 25.4 Å². The van der Waals surface area contributed by atoms with E-state index in [-0.39, 0.29) is 18.3 Å². The molecule has 1 aromatic rings. The average molecular weight is 376 g/mol. The van der Waals surface area contributed by atoms with Gasteiger partial charge in [-0.1, -0.05) is 0 Å². The fourth-order valence-corrected chi connectivity index (χ4v) is 3.23. The van der Waals surface area contributed by atoms with E-state index in [1.165, 1.54) is 18.6 Å². The Bertz CT molecular complexity index is 764. The van der Waals surface area contributed by atoms with Gasteiger partial charge >= 0.3 is 0 Å². The molecule has 1 fully saturated rings. The van der Waals surface area contributed by atoms with Crippen LogP contribution in [-0.2, 0) is 0 Å². The third kappa shape index (κ3) is 4.36. The summed E-state index contributed by atoms with van der Waals surface area (Å²) in [5, 5.41) is 9.65. The number of hydrogen-bond acceptors (Lipinski definition) is 7. The van der Waals surface area contributed by atoms with Crippen LogP contribution >= 0.6 is 0 Å². The molecule has 9 heteroatoms. The predicted molar refractivity (Wildman–Crippen MR) is 101 cm³/mol. The second-order valence-corrected chi connectivity index (χ2v) is 6.28. The van der Waals surface area contributed by atoms with Crippen molar-refractivity contribution in [3.63, 3.8) is 0 Å². The molecule has 0 radical (unpaired) electrons. The fraction of sp³-hybridized carbons (Fsp3) is 0.444. The van der Waals surface area contributed by atoms with Gasteiger partial charge in [0.2, 0.25) is 0 Å². The number of anilines is 1. The molecule has 0 amide bonds. The van der Waals surface area contributed by atoms with Crippen LogP contribution in [0.25, 0.3) is 5.70 Å². The van der Waals surface area contributed by atoms with Gasteiger partial charge in [0.1, 0.15) is 17.2 Å². The van der Waals surface area contributed by atoms with Crippen molar-refractivity contribution in [2.75, 3.05) is 24.6 Å². The van der Waals surface area contributed by atoms with E-state index in [0.717, 1.165) is 25.8 Å². The molecule has 3 rings (SSSR count). The van der Waals surface area contributed by atoms with Crippen LogP contribution in [0.3, 0.4) is 0 Å². The molecule has 1 atom stereocenters. The number of rotatable bonds is 6. The number of aliphatic hydroxyl groups is 1. The Morgan fingerprint density at radius 3 is 3.04 bits per heavy atom. The van der Waals surface area contributed by atoms with Crippen molar-refractivity contribution in [2.24, 2.45) is 9.98 Å². The number of allylic oxidation sites excluding steroid dienone is 1. The maximum absolute atomic E-state index is 13.0. The Morgan fingerprint density at radius 1 is 1.44 bits per heavy atom. The molecule has 1 saturated heterocycles. The van der Waals surface area contributed by atoms with Gasteiger partial charge in [0.25, 0.3) is 6.43 Å². The van der Waals surface area contributed by atoms with Gasteiger partial charge in [-0.2, -0.15) is 0 Å².